The Morgan fingerprint density at radius 2 is 2.16 bits per heavy atom. The molecule has 0 spiro atoms. The first-order valence-corrected chi connectivity index (χ1v) is 6.48. The maximum atomic E-state index is 11.0. The Balaban J connectivity index is 1.91. The Morgan fingerprint density at radius 3 is 2.68 bits per heavy atom. The Morgan fingerprint density at radius 1 is 1.37 bits per heavy atom. The molecule has 0 radical (unpaired) electrons. The molecule has 1 aromatic carbocycles. The lowest BCUT2D eigenvalue weighted by atomic mass is 10.1. The number of fused-ring (bicyclic) bond motifs is 2. The Kier molecular flexibility index (Phi) is 2.86. The van der Waals surface area contributed by atoms with Crippen LogP contribution in [0, 0.1) is 0 Å². The quantitative estimate of drug-likeness (QED) is 0.889. The van der Waals surface area contributed by atoms with Crippen molar-refractivity contribution in [1.29, 1.82) is 0 Å². The average Bonchev–Trinajstić information content (AvgIpc) is 2.96. The van der Waals surface area contributed by atoms with Gasteiger partial charge in [-0.15, -0.1) is 0 Å². The van der Waals surface area contributed by atoms with E-state index in [0.29, 0.717) is 17.8 Å². The smallest absolute Gasteiger partial charge is 0.335 e. The number of nitrogens with zero attached hydrogens (tertiary/aromatic N) is 2. The molecule has 19 heavy (non-hydrogen) atoms. The van der Waals surface area contributed by atoms with Crippen LogP contribution in [-0.4, -0.2) is 55.3 Å². The first-order chi connectivity index (χ1) is 9.10. The zero-order chi connectivity index (χ0) is 13.6. The van der Waals surface area contributed by atoms with Crippen LogP contribution >= 0.6 is 0 Å². The number of likely N-dealkylation sites (N-methyl/N-ethyl adjacent to an activating group) is 1. The Hall–Kier alpha value is -1.75. The molecule has 2 bridgehead atoms. The molecule has 0 aliphatic carbocycles. The average molecular weight is 262 g/mol. The molecule has 2 aliphatic rings. The summed E-state index contributed by atoms with van der Waals surface area (Å²) in [5, 5.41) is 9.03. The van der Waals surface area contributed by atoms with E-state index in [2.05, 4.69) is 16.8 Å². The molecule has 2 saturated heterocycles. The number of aromatic carboxylic acids is 1. The van der Waals surface area contributed by atoms with Crippen LogP contribution in [0.25, 0.3) is 0 Å². The molecular weight excluding hydrogens is 244 g/mol. The maximum Gasteiger partial charge on any atom is 0.335 e. The van der Waals surface area contributed by atoms with Gasteiger partial charge < -0.3 is 14.7 Å². The lowest BCUT2D eigenvalue weighted by molar-refractivity contribution is 0.0696. The molecule has 3 rings (SSSR count). The number of likely N-dealkylation sites (tertiary alicyclic amines) is 1. The van der Waals surface area contributed by atoms with Gasteiger partial charge in [-0.25, -0.2) is 4.79 Å². The second-order valence-corrected chi connectivity index (χ2v) is 5.33. The van der Waals surface area contributed by atoms with Crippen molar-refractivity contribution in [1.82, 2.24) is 4.90 Å². The van der Waals surface area contributed by atoms with Crippen LogP contribution in [0.4, 0.5) is 5.69 Å². The summed E-state index contributed by atoms with van der Waals surface area (Å²) in [7, 11) is 3.75. The SMILES string of the molecule is COc1cc(C(=O)O)ccc1N1C[C@H]2C[C@@H]1CN2C. The lowest BCUT2D eigenvalue weighted by Crippen LogP contribution is -2.44. The standard InChI is InChI=1S/C14H18N2O3/c1-15-7-11-6-10(15)8-16(11)12-4-3-9(14(17)18)5-13(12)19-2/h3-5,10-11H,6-8H2,1-2H3,(H,17,18)/t10-,11-/m1/s1. The number of benzene rings is 1. The normalized spacial score (nSPS) is 25.9. The number of carboxylic acid groups (broad SMARTS) is 1. The highest BCUT2D eigenvalue weighted by molar-refractivity contribution is 5.89. The fraction of sp³-hybridized carbons (Fsp3) is 0.500. The van der Waals surface area contributed by atoms with E-state index in [1.165, 1.54) is 6.42 Å². The van der Waals surface area contributed by atoms with Gasteiger partial charge in [0.1, 0.15) is 5.75 Å². The summed E-state index contributed by atoms with van der Waals surface area (Å²) in [5.74, 6) is -0.275. The number of hydrogen-bond donors (Lipinski definition) is 1. The number of carboxylic acids is 1. The predicted octanol–water partition coefficient (Wildman–Crippen LogP) is 1.29. The highest BCUT2D eigenvalue weighted by Gasteiger charge is 2.42. The van der Waals surface area contributed by atoms with Crippen molar-refractivity contribution in [2.75, 3.05) is 32.1 Å². The minimum atomic E-state index is -0.924. The van der Waals surface area contributed by atoms with E-state index in [4.69, 9.17) is 9.84 Å². The summed E-state index contributed by atoms with van der Waals surface area (Å²) in [5.41, 5.74) is 1.27. The van der Waals surface area contributed by atoms with Crippen LogP contribution in [0.5, 0.6) is 5.75 Å². The summed E-state index contributed by atoms with van der Waals surface area (Å²) >= 11 is 0. The van der Waals surface area contributed by atoms with Gasteiger partial charge in [-0.3, -0.25) is 4.90 Å². The van der Waals surface area contributed by atoms with E-state index in [0.717, 1.165) is 18.8 Å². The minimum absolute atomic E-state index is 0.266. The van der Waals surface area contributed by atoms with Crippen molar-refractivity contribution < 1.29 is 14.6 Å². The van der Waals surface area contributed by atoms with Gasteiger partial charge in [0.25, 0.3) is 0 Å². The van der Waals surface area contributed by atoms with Crippen LogP contribution in [0.2, 0.25) is 0 Å². The van der Waals surface area contributed by atoms with Gasteiger partial charge in [-0.2, -0.15) is 0 Å². The molecule has 102 valence electrons. The van der Waals surface area contributed by atoms with Gasteiger partial charge in [-0.1, -0.05) is 0 Å². The molecule has 0 saturated carbocycles. The van der Waals surface area contributed by atoms with Crippen molar-refractivity contribution in [3.63, 3.8) is 0 Å². The van der Waals surface area contributed by atoms with Gasteiger partial charge in [0, 0.05) is 25.2 Å². The van der Waals surface area contributed by atoms with Gasteiger partial charge in [0.05, 0.1) is 18.4 Å². The van der Waals surface area contributed by atoms with E-state index in [-0.39, 0.29) is 5.56 Å². The van der Waals surface area contributed by atoms with Crippen LogP contribution in [0.1, 0.15) is 16.8 Å². The van der Waals surface area contributed by atoms with Crippen molar-refractivity contribution in [3.8, 4) is 5.75 Å². The Bertz CT molecular complexity index is 515. The molecule has 5 nitrogen and oxygen atoms in total. The third-order valence-electron chi connectivity index (χ3n) is 4.25. The van der Waals surface area contributed by atoms with E-state index >= 15 is 0 Å². The highest BCUT2D eigenvalue weighted by Crippen LogP contribution is 2.38. The van der Waals surface area contributed by atoms with Crippen LogP contribution < -0.4 is 9.64 Å². The van der Waals surface area contributed by atoms with E-state index in [1.807, 2.05) is 6.07 Å². The van der Waals surface area contributed by atoms with Crippen LogP contribution in [-0.2, 0) is 0 Å². The van der Waals surface area contributed by atoms with Gasteiger partial charge >= 0.3 is 5.97 Å². The van der Waals surface area contributed by atoms with Gasteiger partial charge in [0.15, 0.2) is 0 Å². The zero-order valence-corrected chi connectivity index (χ0v) is 11.2. The van der Waals surface area contributed by atoms with Gasteiger partial charge in [0.2, 0.25) is 0 Å². The molecule has 2 heterocycles. The van der Waals surface area contributed by atoms with Crippen molar-refractivity contribution in [2.45, 2.75) is 18.5 Å². The number of methoxy groups -OCH3 is 1. The number of anilines is 1. The monoisotopic (exact) mass is 262 g/mol. The second kappa shape index (κ2) is 4.42. The lowest BCUT2D eigenvalue weighted by Gasteiger charge is -2.34. The van der Waals surface area contributed by atoms with Crippen molar-refractivity contribution >= 4 is 11.7 Å². The number of rotatable bonds is 3. The largest absolute Gasteiger partial charge is 0.495 e. The molecule has 0 aromatic heterocycles. The predicted molar refractivity (Wildman–Crippen MR) is 72.1 cm³/mol. The van der Waals surface area contributed by atoms with Crippen LogP contribution in [0.3, 0.4) is 0 Å². The minimum Gasteiger partial charge on any atom is -0.495 e. The summed E-state index contributed by atoms with van der Waals surface area (Å²) in [6.07, 6.45) is 1.18. The number of hydrogen-bond acceptors (Lipinski definition) is 4. The molecule has 2 atom stereocenters. The topological polar surface area (TPSA) is 53.0 Å². The maximum absolute atomic E-state index is 11.0. The highest BCUT2D eigenvalue weighted by atomic mass is 16.5. The van der Waals surface area contributed by atoms with Crippen molar-refractivity contribution in [3.05, 3.63) is 23.8 Å². The molecule has 2 fully saturated rings. The first kappa shape index (κ1) is 12.3. The second-order valence-electron chi connectivity index (χ2n) is 5.33. The molecule has 5 heteroatoms. The summed E-state index contributed by atoms with van der Waals surface area (Å²) in [4.78, 5) is 15.7. The van der Waals surface area contributed by atoms with Crippen LogP contribution in [0.15, 0.2) is 18.2 Å². The molecule has 0 amide bonds. The third-order valence-corrected chi connectivity index (χ3v) is 4.25. The molecule has 1 aromatic rings. The zero-order valence-electron chi connectivity index (χ0n) is 11.2. The number of piperazine rings is 1. The van der Waals surface area contributed by atoms with E-state index in [9.17, 15) is 4.79 Å². The van der Waals surface area contributed by atoms with E-state index in [1.54, 1.807) is 19.2 Å². The molecule has 1 N–H and O–H groups in total. The molecule has 0 unspecified atom stereocenters. The van der Waals surface area contributed by atoms with Crippen molar-refractivity contribution in [2.24, 2.45) is 0 Å². The summed E-state index contributed by atoms with van der Waals surface area (Å²) < 4.78 is 5.36. The Labute approximate surface area is 112 Å². The third kappa shape index (κ3) is 1.94. The fourth-order valence-electron chi connectivity index (χ4n) is 3.21. The first-order valence-electron chi connectivity index (χ1n) is 6.48. The fourth-order valence-corrected chi connectivity index (χ4v) is 3.21. The number of ether oxygens (including phenoxy) is 1. The summed E-state index contributed by atoms with van der Waals surface area (Å²) in [6, 6.07) is 6.24. The van der Waals surface area contributed by atoms with E-state index < -0.39 is 5.97 Å². The van der Waals surface area contributed by atoms with Gasteiger partial charge in [-0.05, 0) is 31.7 Å². The summed E-state index contributed by atoms with van der Waals surface area (Å²) in [6.45, 7) is 2.05. The molecular formula is C14H18N2O3. The molecule has 2 aliphatic heterocycles. The number of carbonyl (C=O) groups is 1.